The van der Waals surface area contributed by atoms with Crippen LogP contribution in [0.4, 0.5) is 0 Å². The van der Waals surface area contributed by atoms with E-state index in [4.69, 9.17) is 37.4 Å². The van der Waals surface area contributed by atoms with Crippen LogP contribution in [0.5, 0.6) is 0 Å². The highest BCUT2D eigenvalue weighted by Gasteiger charge is 2.15. The molecule has 0 amide bonds. The molecule has 2 unspecified atom stereocenters. The molecular formula is C22H40Cl2O3. The quantitative estimate of drug-likeness (QED) is 0.164. The Morgan fingerprint density at radius 2 is 1.00 bits per heavy atom. The fourth-order valence-corrected chi connectivity index (χ4v) is 4.95. The molecule has 0 aliphatic heterocycles. The highest BCUT2D eigenvalue weighted by atomic mass is 35.5. The van der Waals surface area contributed by atoms with E-state index >= 15 is 0 Å². The van der Waals surface area contributed by atoms with Crippen molar-refractivity contribution in [3.05, 3.63) is 0 Å². The van der Waals surface area contributed by atoms with Crippen molar-refractivity contribution in [2.24, 2.45) is 11.8 Å². The molecule has 0 heterocycles. The van der Waals surface area contributed by atoms with E-state index < -0.39 is 11.5 Å². The maximum absolute atomic E-state index is 6.04. The van der Waals surface area contributed by atoms with E-state index in [1.54, 1.807) is 0 Å². The van der Waals surface area contributed by atoms with Gasteiger partial charge in [-0.05, 0) is 24.7 Å². The van der Waals surface area contributed by atoms with Gasteiger partial charge in [-0.2, -0.15) is 0 Å². The zero-order chi connectivity index (χ0) is 19.2. The summed E-state index contributed by atoms with van der Waals surface area (Å²) in [5.41, 5.74) is 0. The first-order chi connectivity index (χ1) is 13.2. The van der Waals surface area contributed by atoms with Crippen molar-refractivity contribution < 1.29 is 14.2 Å². The molecule has 0 spiro atoms. The van der Waals surface area contributed by atoms with Crippen molar-refractivity contribution >= 4 is 23.2 Å². The molecule has 2 aliphatic carbocycles. The van der Waals surface area contributed by atoms with Gasteiger partial charge < -0.3 is 9.47 Å². The van der Waals surface area contributed by atoms with Crippen LogP contribution in [0.2, 0.25) is 0 Å². The molecule has 0 radical (unpaired) electrons. The molecule has 2 rings (SSSR count). The lowest BCUT2D eigenvalue weighted by Crippen LogP contribution is -2.20. The Hall–Kier alpha value is 0.460. The smallest absolute Gasteiger partial charge is 0.240 e. The first-order valence-corrected chi connectivity index (χ1v) is 12.3. The average Bonchev–Trinajstić information content (AvgIpc) is 2.69. The zero-order valence-corrected chi connectivity index (χ0v) is 18.5. The van der Waals surface area contributed by atoms with Crippen LogP contribution in [0.3, 0.4) is 0 Å². The van der Waals surface area contributed by atoms with E-state index in [-0.39, 0.29) is 0 Å². The first kappa shape index (κ1) is 23.7. The fourth-order valence-electron chi connectivity index (χ4n) is 4.54. The minimum absolute atomic E-state index is 0.617. The van der Waals surface area contributed by atoms with Gasteiger partial charge in [0.25, 0.3) is 0 Å². The third kappa shape index (κ3) is 11.9. The highest BCUT2D eigenvalue weighted by molar-refractivity contribution is 6.20. The minimum atomic E-state index is -0.829. The molecule has 27 heavy (non-hydrogen) atoms. The summed E-state index contributed by atoms with van der Waals surface area (Å²) in [6.45, 7) is 1.23. The maximum Gasteiger partial charge on any atom is 0.240 e. The van der Waals surface area contributed by atoms with E-state index in [1.165, 1.54) is 89.9 Å². The van der Waals surface area contributed by atoms with Crippen LogP contribution in [0.1, 0.15) is 103 Å². The minimum Gasteiger partial charge on any atom is -0.340 e. The number of alkyl halides is 2. The number of halogens is 2. The van der Waals surface area contributed by atoms with Crippen molar-refractivity contribution in [2.75, 3.05) is 13.2 Å². The van der Waals surface area contributed by atoms with Crippen molar-refractivity contribution in [1.29, 1.82) is 0 Å². The molecule has 0 saturated heterocycles. The molecule has 0 N–H and O–H groups in total. The summed E-state index contributed by atoms with van der Waals surface area (Å²) in [5, 5.41) is 0. The molecule has 2 fully saturated rings. The lowest BCUT2D eigenvalue weighted by Gasteiger charge is -2.21. The summed E-state index contributed by atoms with van der Waals surface area (Å²) in [5.74, 6) is 0.204. The van der Waals surface area contributed by atoms with Gasteiger partial charge in [0, 0.05) is 0 Å². The Balaban J connectivity index is 1.36. The van der Waals surface area contributed by atoms with Gasteiger partial charge in [-0.15, -0.1) is 0 Å². The number of hydrogen-bond donors (Lipinski definition) is 0. The first-order valence-electron chi connectivity index (χ1n) is 11.4. The van der Waals surface area contributed by atoms with Gasteiger partial charge in [-0.25, -0.2) is 0 Å². The van der Waals surface area contributed by atoms with Gasteiger partial charge in [0.15, 0.2) is 0 Å². The summed E-state index contributed by atoms with van der Waals surface area (Å²) in [7, 11) is 0. The van der Waals surface area contributed by atoms with E-state index in [1.807, 2.05) is 0 Å². The van der Waals surface area contributed by atoms with Gasteiger partial charge in [0.05, 0.1) is 13.2 Å². The molecule has 2 atom stereocenters. The van der Waals surface area contributed by atoms with Crippen LogP contribution >= 0.6 is 23.2 Å². The van der Waals surface area contributed by atoms with E-state index in [0.717, 1.165) is 24.7 Å². The lowest BCUT2D eigenvalue weighted by atomic mass is 9.86. The Bertz CT molecular complexity index is 312. The third-order valence-corrected chi connectivity index (χ3v) is 6.63. The van der Waals surface area contributed by atoms with Gasteiger partial charge in [-0.3, -0.25) is 4.74 Å². The van der Waals surface area contributed by atoms with Gasteiger partial charge in [0.2, 0.25) is 11.5 Å². The van der Waals surface area contributed by atoms with Crippen molar-refractivity contribution in [1.82, 2.24) is 0 Å². The van der Waals surface area contributed by atoms with E-state index in [0.29, 0.717) is 13.2 Å². The Morgan fingerprint density at radius 1 is 0.593 bits per heavy atom. The lowest BCUT2D eigenvalue weighted by molar-refractivity contribution is -0.178. The molecule has 160 valence electrons. The monoisotopic (exact) mass is 422 g/mol. The van der Waals surface area contributed by atoms with Crippen LogP contribution < -0.4 is 0 Å². The normalized spacial score (nSPS) is 22.0. The second-order valence-corrected chi connectivity index (χ2v) is 9.14. The Morgan fingerprint density at radius 3 is 1.41 bits per heavy atom. The second kappa shape index (κ2) is 15.3. The molecule has 2 saturated carbocycles. The molecule has 0 aromatic carbocycles. The number of hydrogen-bond acceptors (Lipinski definition) is 3. The van der Waals surface area contributed by atoms with Crippen molar-refractivity contribution in [2.45, 2.75) is 114 Å². The highest BCUT2D eigenvalue weighted by Crippen LogP contribution is 2.28. The van der Waals surface area contributed by atoms with E-state index in [9.17, 15) is 0 Å². The van der Waals surface area contributed by atoms with Crippen LogP contribution in [0.15, 0.2) is 0 Å². The topological polar surface area (TPSA) is 27.7 Å². The molecule has 2 aliphatic rings. The Labute approximate surface area is 176 Å². The summed E-state index contributed by atoms with van der Waals surface area (Å²) in [6, 6.07) is 0. The van der Waals surface area contributed by atoms with E-state index in [2.05, 4.69) is 0 Å². The predicted molar refractivity (Wildman–Crippen MR) is 113 cm³/mol. The molecule has 3 nitrogen and oxygen atoms in total. The predicted octanol–water partition coefficient (Wildman–Crippen LogP) is 7.58. The molecular weight excluding hydrogens is 383 g/mol. The SMILES string of the molecule is ClC(OCCCCC1CCCCC1)OC(Cl)OCCCCC1CCCCC1. The average molecular weight is 423 g/mol. The summed E-state index contributed by atoms with van der Waals surface area (Å²) < 4.78 is 16.3. The van der Waals surface area contributed by atoms with Crippen LogP contribution in [0.25, 0.3) is 0 Å². The standard InChI is InChI=1S/C22H40Cl2O3/c23-21(25-17-9-7-15-19-11-3-1-4-12-19)27-22(24)26-18-10-8-16-20-13-5-2-6-14-20/h19-22H,1-18H2. The van der Waals surface area contributed by atoms with Crippen LogP contribution in [0, 0.1) is 11.8 Å². The number of rotatable bonds is 14. The van der Waals surface area contributed by atoms with Crippen molar-refractivity contribution in [3.8, 4) is 0 Å². The zero-order valence-electron chi connectivity index (χ0n) is 17.0. The van der Waals surface area contributed by atoms with Gasteiger partial charge >= 0.3 is 0 Å². The second-order valence-electron chi connectivity index (χ2n) is 8.43. The number of unbranched alkanes of at least 4 members (excludes halogenated alkanes) is 2. The molecule has 0 aromatic rings. The third-order valence-electron chi connectivity index (χ3n) is 6.17. The summed E-state index contributed by atoms with van der Waals surface area (Å²) in [4.78, 5) is 0. The molecule has 0 aromatic heterocycles. The number of ether oxygens (including phenoxy) is 3. The van der Waals surface area contributed by atoms with Crippen LogP contribution in [-0.2, 0) is 14.2 Å². The molecule has 0 bridgehead atoms. The van der Waals surface area contributed by atoms with Gasteiger partial charge in [-0.1, -0.05) is 113 Å². The Kier molecular flexibility index (Phi) is 13.5. The summed E-state index contributed by atoms with van der Waals surface area (Å²) >= 11 is 12.1. The summed E-state index contributed by atoms with van der Waals surface area (Å²) in [6.07, 6.45) is 21.2. The van der Waals surface area contributed by atoms with Gasteiger partial charge in [0.1, 0.15) is 0 Å². The van der Waals surface area contributed by atoms with Crippen LogP contribution in [-0.4, -0.2) is 24.7 Å². The van der Waals surface area contributed by atoms with Crippen molar-refractivity contribution in [3.63, 3.8) is 0 Å². The molecule has 5 heteroatoms. The maximum atomic E-state index is 6.04. The largest absolute Gasteiger partial charge is 0.340 e. The fraction of sp³-hybridized carbons (Fsp3) is 1.00.